The van der Waals surface area contributed by atoms with Crippen LogP contribution in [0.15, 0.2) is 4.99 Å². The smallest absolute Gasteiger partial charge is 0.310 e. The number of aliphatic imine (C=N–C) groups is 1. The number of nitrogens with zero attached hydrogens (tertiary/aromatic N) is 3. The Bertz CT molecular complexity index is 585. The van der Waals surface area contributed by atoms with E-state index in [0.717, 1.165) is 36.2 Å². The molecule has 1 aromatic heterocycles. The summed E-state index contributed by atoms with van der Waals surface area (Å²) in [6.45, 7) is 8.45. The third-order valence-corrected chi connectivity index (χ3v) is 5.40. The number of thiazole rings is 1. The molecule has 0 saturated carbocycles. The summed E-state index contributed by atoms with van der Waals surface area (Å²) >= 11 is 1.75. The number of hydrogen-bond donors (Lipinski definition) is 1. The number of nitrogens with one attached hydrogen (secondary N) is 1. The summed E-state index contributed by atoms with van der Waals surface area (Å²) < 4.78 is 4.89. The summed E-state index contributed by atoms with van der Waals surface area (Å²) in [5.41, 5.74) is 1.12. The minimum absolute atomic E-state index is 0.0788. The summed E-state index contributed by atoms with van der Waals surface area (Å²) in [4.78, 5) is 24.1. The molecule has 2 atom stereocenters. The number of methoxy groups -OCH3 is 1. The van der Waals surface area contributed by atoms with Crippen LogP contribution >= 0.6 is 11.3 Å². The molecule has 1 aromatic rings. The third-order valence-electron chi connectivity index (χ3n) is 4.26. The Balaban J connectivity index is 1.89. The van der Waals surface area contributed by atoms with Crippen LogP contribution in [-0.4, -0.2) is 55.6 Å². The van der Waals surface area contributed by atoms with Gasteiger partial charge in [0, 0.05) is 38.0 Å². The third kappa shape index (κ3) is 4.22. The van der Waals surface area contributed by atoms with Gasteiger partial charge in [-0.1, -0.05) is 6.92 Å². The largest absolute Gasteiger partial charge is 0.469 e. The van der Waals surface area contributed by atoms with Crippen molar-refractivity contribution in [2.75, 3.05) is 33.8 Å². The lowest BCUT2D eigenvalue weighted by atomic mass is 9.99. The SMILES string of the molecule is CN=C(NCCc1sc(C)nc1C)N1CC(C)C(C(=O)OC)C1. The Labute approximate surface area is 142 Å². The standard InChI is InChI=1S/C16H26N4O2S/c1-10-8-20(9-13(10)15(21)22-5)16(17-4)18-7-6-14-11(2)19-12(3)23-14/h10,13H,6-9H2,1-5H3,(H,17,18). The van der Waals surface area contributed by atoms with Gasteiger partial charge in [0.1, 0.15) is 0 Å². The van der Waals surface area contributed by atoms with Gasteiger partial charge in [-0.2, -0.15) is 0 Å². The van der Waals surface area contributed by atoms with E-state index in [2.05, 4.69) is 34.0 Å². The Kier molecular flexibility index (Phi) is 5.98. The predicted octanol–water partition coefficient (Wildman–Crippen LogP) is 1.62. The van der Waals surface area contributed by atoms with Crippen LogP contribution in [0, 0.1) is 25.7 Å². The fraction of sp³-hybridized carbons (Fsp3) is 0.688. The van der Waals surface area contributed by atoms with E-state index in [1.165, 1.54) is 12.0 Å². The zero-order valence-corrected chi connectivity index (χ0v) is 15.4. The molecular formula is C16H26N4O2S. The molecule has 0 radical (unpaired) electrons. The molecule has 2 rings (SSSR count). The molecule has 0 bridgehead atoms. The van der Waals surface area contributed by atoms with Crippen LogP contribution in [0.5, 0.6) is 0 Å². The van der Waals surface area contributed by atoms with Crippen LogP contribution < -0.4 is 5.32 Å². The quantitative estimate of drug-likeness (QED) is 0.513. The second-order valence-electron chi connectivity index (χ2n) is 5.98. The zero-order chi connectivity index (χ0) is 17.0. The lowest BCUT2D eigenvalue weighted by Crippen LogP contribution is -2.41. The Morgan fingerprint density at radius 1 is 1.48 bits per heavy atom. The van der Waals surface area contributed by atoms with Crippen molar-refractivity contribution in [2.24, 2.45) is 16.8 Å². The van der Waals surface area contributed by atoms with Crippen molar-refractivity contribution in [3.8, 4) is 0 Å². The van der Waals surface area contributed by atoms with Crippen molar-refractivity contribution in [1.82, 2.24) is 15.2 Å². The van der Waals surface area contributed by atoms with Crippen LogP contribution in [0.25, 0.3) is 0 Å². The molecule has 1 N–H and O–H groups in total. The first kappa shape index (κ1) is 17.7. The number of rotatable bonds is 4. The van der Waals surface area contributed by atoms with Gasteiger partial charge in [-0.15, -0.1) is 11.3 Å². The summed E-state index contributed by atoms with van der Waals surface area (Å²) in [6, 6.07) is 0. The topological polar surface area (TPSA) is 66.8 Å². The second kappa shape index (κ2) is 7.77. The highest BCUT2D eigenvalue weighted by atomic mass is 32.1. The molecule has 0 spiro atoms. The van der Waals surface area contributed by atoms with Crippen molar-refractivity contribution in [3.63, 3.8) is 0 Å². The van der Waals surface area contributed by atoms with Crippen molar-refractivity contribution >= 4 is 23.3 Å². The van der Waals surface area contributed by atoms with Crippen molar-refractivity contribution in [3.05, 3.63) is 15.6 Å². The molecule has 1 aliphatic rings. The van der Waals surface area contributed by atoms with Gasteiger partial charge in [-0.25, -0.2) is 4.98 Å². The van der Waals surface area contributed by atoms with E-state index in [-0.39, 0.29) is 17.8 Å². The summed E-state index contributed by atoms with van der Waals surface area (Å²) in [5, 5.41) is 4.50. The average molecular weight is 338 g/mol. The highest BCUT2D eigenvalue weighted by Gasteiger charge is 2.36. The van der Waals surface area contributed by atoms with Gasteiger partial charge in [0.2, 0.25) is 0 Å². The Hall–Kier alpha value is -1.63. The van der Waals surface area contributed by atoms with Gasteiger partial charge in [0.15, 0.2) is 5.96 Å². The van der Waals surface area contributed by atoms with Crippen molar-refractivity contribution in [1.29, 1.82) is 0 Å². The van der Waals surface area contributed by atoms with Crippen LogP contribution in [0.4, 0.5) is 0 Å². The van der Waals surface area contributed by atoms with Gasteiger partial charge in [-0.05, 0) is 19.8 Å². The van der Waals surface area contributed by atoms with E-state index < -0.39 is 0 Å². The number of aryl methyl sites for hydroxylation is 2. The lowest BCUT2D eigenvalue weighted by molar-refractivity contribution is -0.145. The first-order valence-corrected chi connectivity index (χ1v) is 8.74. The number of guanidine groups is 1. The minimum Gasteiger partial charge on any atom is -0.469 e. The van der Waals surface area contributed by atoms with Crippen LogP contribution in [-0.2, 0) is 16.0 Å². The summed E-state index contributed by atoms with van der Waals surface area (Å²) in [6.07, 6.45) is 0.931. The van der Waals surface area contributed by atoms with E-state index in [1.54, 1.807) is 18.4 Å². The van der Waals surface area contributed by atoms with Crippen molar-refractivity contribution in [2.45, 2.75) is 27.2 Å². The first-order valence-electron chi connectivity index (χ1n) is 7.92. The molecule has 1 aliphatic heterocycles. The van der Waals surface area contributed by atoms with Crippen molar-refractivity contribution < 1.29 is 9.53 Å². The Morgan fingerprint density at radius 3 is 2.78 bits per heavy atom. The monoisotopic (exact) mass is 338 g/mol. The fourth-order valence-corrected chi connectivity index (χ4v) is 3.96. The first-order chi connectivity index (χ1) is 11.0. The second-order valence-corrected chi connectivity index (χ2v) is 7.27. The molecule has 6 nitrogen and oxygen atoms in total. The zero-order valence-electron chi connectivity index (χ0n) is 14.5. The van der Waals surface area contributed by atoms with Gasteiger partial charge in [0.05, 0.1) is 23.7 Å². The van der Waals surface area contributed by atoms with Gasteiger partial charge < -0.3 is 15.0 Å². The van der Waals surface area contributed by atoms with Crippen LogP contribution in [0.3, 0.4) is 0 Å². The summed E-state index contributed by atoms with van der Waals surface area (Å²) in [7, 11) is 3.23. The number of carbonyl (C=O) groups excluding carboxylic acids is 1. The van der Waals surface area contributed by atoms with E-state index in [0.29, 0.717) is 6.54 Å². The molecule has 2 heterocycles. The molecule has 2 unspecified atom stereocenters. The normalized spacial score (nSPS) is 21.6. The van der Waals surface area contributed by atoms with E-state index >= 15 is 0 Å². The molecule has 1 fully saturated rings. The number of aromatic nitrogens is 1. The molecule has 128 valence electrons. The Morgan fingerprint density at radius 2 is 2.22 bits per heavy atom. The molecule has 7 heteroatoms. The fourth-order valence-electron chi connectivity index (χ4n) is 3.02. The van der Waals surface area contributed by atoms with Crippen LogP contribution in [0.2, 0.25) is 0 Å². The number of ether oxygens (including phenoxy) is 1. The van der Waals surface area contributed by atoms with Crippen LogP contribution in [0.1, 0.15) is 22.5 Å². The predicted molar refractivity (Wildman–Crippen MR) is 92.9 cm³/mol. The van der Waals surface area contributed by atoms with Gasteiger partial charge >= 0.3 is 5.97 Å². The van der Waals surface area contributed by atoms with Gasteiger partial charge in [0.25, 0.3) is 0 Å². The molecule has 0 amide bonds. The maximum absolute atomic E-state index is 11.8. The lowest BCUT2D eigenvalue weighted by Gasteiger charge is -2.21. The maximum Gasteiger partial charge on any atom is 0.310 e. The highest BCUT2D eigenvalue weighted by Crippen LogP contribution is 2.24. The molecule has 1 saturated heterocycles. The number of hydrogen-bond acceptors (Lipinski definition) is 5. The minimum atomic E-state index is -0.133. The molecule has 0 aromatic carbocycles. The highest BCUT2D eigenvalue weighted by molar-refractivity contribution is 7.11. The van der Waals surface area contributed by atoms with E-state index in [1.807, 2.05) is 6.92 Å². The van der Waals surface area contributed by atoms with E-state index in [4.69, 9.17) is 4.74 Å². The maximum atomic E-state index is 11.8. The van der Waals surface area contributed by atoms with E-state index in [9.17, 15) is 4.79 Å². The number of likely N-dealkylation sites (tertiary alicyclic amines) is 1. The number of carbonyl (C=O) groups is 1. The average Bonchev–Trinajstić information content (AvgIpc) is 3.05. The number of esters is 1. The van der Waals surface area contributed by atoms with Gasteiger partial charge in [-0.3, -0.25) is 9.79 Å². The summed E-state index contributed by atoms with van der Waals surface area (Å²) in [5.74, 6) is 0.908. The molecular weight excluding hydrogens is 312 g/mol. The molecule has 23 heavy (non-hydrogen) atoms. The molecule has 0 aliphatic carbocycles.